The fourth-order valence-corrected chi connectivity index (χ4v) is 2.74. The molecule has 0 aliphatic heterocycles. The van der Waals surface area contributed by atoms with Crippen molar-refractivity contribution in [1.29, 1.82) is 0 Å². The van der Waals surface area contributed by atoms with Crippen LogP contribution >= 0.6 is 0 Å². The van der Waals surface area contributed by atoms with Crippen molar-refractivity contribution < 1.29 is 22.3 Å². The molecule has 142 valence electrons. The van der Waals surface area contributed by atoms with E-state index in [2.05, 4.69) is 4.90 Å². The van der Waals surface area contributed by atoms with Gasteiger partial charge in [-0.1, -0.05) is 24.3 Å². The summed E-state index contributed by atoms with van der Waals surface area (Å²) in [5, 5.41) is -0.178. The minimum atomic E-state index is -4.63. The molecule has 0 unspecified atom stereocenters. The van der Waals surface area contributed by atoms with Crippen molar-refractivity contribution in [1.82, 2.24) is 4.90 Å². The first-order valence-corrected chi connectivity index (χ1v) is 8.23. The van der Waals surface area contributed by atoms with Crippen LogP contribution in [0.15, 0.2) is 57.7 Å². The number of hydrogen-bond acceptors (Lipinski definition) is 4. The van der Waals surface area contributed by atoms with Crippen LogP contribution in [-0.4, -0.2) is 19.0 Å². The van der Waals surface area contributed by atoms with Gasteiger partial charge in [-0.25, -0.2) is 4.79 Å². The molecule has 0 saturated heterocycles. The van der Waals surface area contributed by atoms with Crippen molar-refractivity contribution in [2.45, 2.75) is 19.3 Å². The Hall–Kier alpha value is -2.80. The van der Waals surface area contributed by atoms with E-state index >= 15 is 0 Å². The monoisotopic (exact) mass is 377 g/mol. The van der Waals surface area contributed by atoms with E-state index in [0.29, 0.717) is 11.8 Å². The third-order valence-electron chi connectivity index (χ3n) is 3.95. The molecule has 0 aliphatic rings. The Bertz CT molecular complexity index is 992. The third-order valence-corrected chi connectivity index (χ3v) is 3.95. The van der Waals surface area contributed by atoms with E-state index in [4.69, 9.17) is 9.15 Å². The number of nitrogens with zero attached hydrogens (tertiary/aromatic N) is 1. The Balaban J connectivity index is 1.79. The lowest BCUT2D eigenvalue weighted by Gasteiger charge is -2.12. The Morgan fingerprint density at radius 3 is 2.30 bits per heavy atom. The van der Waals surface area contributed by atoms with Crippen molar-refractivity contribution in [3.63, 3.8) is 0 Å². The molecule has 0 saturated carbocycles. The number of rotatable bonds is 5. The molecule has 0 atom stereocenters. The lowest BCUT2D eigenvalue weighted by Crippen LogP contribution is -2.11. The molecule has 0 bridgehead atoms. The molecule has 3 aromatic rings. The smallest absolute Gasteiger partial charge is 0.417 e. The van der Waals surface area contributed by atoms with Gasteiger partial charge in [0.1, 0.15) is 17.9 Å². The zero-order valence-corrected chi connectivity index (χ0v) is 14.8. The van der Waals surface area contributed by atoms with Crippen LogP contribution in [0.4, 0.5) is 13.2 Å². The number of fused-ring (bicyclic) bond motifs is 1. The van der Waals surface area contributed by atoms with E-state index in [1.807, 2.05) is 38.4 Å². The first-order valence-electron chi connectivity index (χ1n) is 8.23. The molecule has 0 aliphatic carbocycles. The minimum Gasteiger partial charge on any atom is -0.489 e. The van der Waals surface area contributed by atoms with Crippen LogP contribution in [0.3, 0.4) is 0 Å². The maximum atomic E-state index is 13.1. The molecular formula is C20H18F3NO3. The highest BCUT2D eigenvalue weighted by molar-refractivity contribution is 5.82. The predicted molar refractivity (Wildman–Crippen MR) is 95.7 cm³/mol. The summed E-state index contributed by atoms with van der Waals surface area (Å²) >= 11 is 0. The van der Waals surface area contributed by atoms with Crippen LogP contribution in [-0.2, 0) is 19.3 Å². The normalized spacial score (nSPS) is 11.9. The van der Waals surface area contributed by atoms with Gasteiger partial charge in [-0.15, -0.1) is 0 Å². The maximum absolute atomic E-state index is 13.1. The SMILES string of the molecule is CN(C)Cc1ccc(COc2ccc3c(C(F)(F)F)cc(=O)oc3c2)cc1. The molecule has 0 N–H and O–H groups in total. The average molecular weight is 377 g/mol. The van der Waals surface area contributed by atoms with Gasteiger partial charge in [0, 0.05) is 24.1 Å². The molecule has 4 nitrogen and oxygen atoms in total. The summed E-state index contributed by atoms with van der Waals surface area (Å²) in [6.07, 6.45) is -4.63. The maximum Gasteiger partial charge on any atom is 0.417 e. The third kappa shape index (κ3) is 4.68. The summed E-state index contributed by atoms with van der Waals surface area (Å²) in [7, 11) is 3.97. The van der Waals surface area contributed by atoms with Gasteiger partial charge in [0.25, 0.3) is 0 Å². The highest BCUT2D eigenvalue weighted by Crippen LogP contribution is 2.34. The number of benzene rings is 2. The molecule has 2 aromatic carbocycles. The zero-order valence-electron chi connectivity index (χ0n) is 14.8. The summed E-state index contributed by atoms with van der Waals surface area (Å²) in [5.74, 6) is 0.322. The quantitative estimate of drug-likeness (QED) is 0.616. The standard InChI is InChI=1S/C20H18F3NO3/c1-24(2)11-13-3-5-14(6-4-13)12-26-15-7-8-16-17(20(21,22)23)10-19(25)27-18(16)9-15/h3-10H,11-12H2,1-2H3. The lowest BCUT2D eigenvalue weighted by atomic mass is 10.1. The molecule has 1 heterocycles. The van der Waals surface area contributed by atoms with E-state index in [-0.39, 0.29) is 17.6 Å². The van der Waals surface area contributed by atoms with Crippen LogP contribution < -0.4 is 10.4 Å². The van der Waals surface area contributed by atoms with Gasteiger partial charge >= 0.3 is 11.8 Å². The Morgan fingerprint density at radius 1 is 1.00 bits per heavy atom. The van der Waals surface area contributed by atoms with Gasteiger partial charge in [-0.05, 0) is 37.4 Å². The summed E-state index contributed by atoms with van der Waals surface area (Å²) < 4.78 is 49.7. The lowest BCUT2D eigenvalue weighted by molar-refractivity contribution is -0.136. The second-order valence-corrected chi connectivity index (χ2v) is 6.48. The fourth-order valence-electron chi connectivity index (χ4n) is 2.74. The topological polar surface area (TPSA) is 42.7 Å². The van der Waals surface area contributed by atoms with Gasteiger partial charge in [0.05, 0.1) is 5.56 Å². The summed E-state index contributed by atoms with van der Waals surface area (Å²) in [6, 6.07) is 12.3. The first kappa shape index (κ1) is 19.0. The van der Waals surface area contributed by atoms with Crippen LogP contribution in [0.2, 0.25) is 0 Å². The van der Waals surface area contributed by atoms with Crippen molar-refractivity contribution in [2.24, 2.45) is 0 Å². The molecule has 0 spiro atoms. The summed E-state index contributed by atoms with van der Waals surface area (Å²) in [4.78, 5) is 13.5. The Morgan fingerprint density at radius 2 is 1.67 bits per heavy atom. The number of hydrogen-bond donors (Lipinski definition) is 0. The highest BCUT2D eigenvalue weighted by Gasteiger charge is 2.33. The molecule has 0 fully saturated rings. The number of halogens is 3. The van der Waals surface area contributed by atoms with Gasteiger partial charge < -0.3 is 14.1 Å². The van der Waals surface area contributed by atoms with Crippen LogP contribution in [0.1, 0.15) is 16.7 Å². The summed E-state index contributed by atoms with van der Waals surface area (Å²) in [5.41, 5.74) is -0.145. The molecule has 3 rings (SSSR count). The van der Waals surface area contributed by atoms with Gasteiger partial charge in [0.15, 0.2) is 0 Å². The van der Waals surface area contributed by atoms with Crippen molar-refractivity contribution in [3.8, 4) is 5.75 Å². The number of alkyl halides is 3. The molecule has 7 heteroatoms. The Kier molecular flexibility index (Phi) is 5.23. The van der Waals surface area contributed by atoms with Crippen molar-refractivity contribution >= 4 is 11.0 Å². The van der Waals surface area contributed by atoms with E-state index in [1.165, 1.54) is 18.2 Å². The first-order chi connectivity index (χ1) is 12.7. The molecular weight excluding hydrogens is 359 g/mol. The largest absolute Gasteiger partial charge is 0.489 e. The second-order valence-electron chi connectivity index (χ2n) is 6.48. The molecule has 0 radical (unpaired) electrons. The second kappa shape index (κ2) is 7.44. The number of ether oxygens (including phenoxy) is 1. The van der Waals surface area contributed by atoms with E-state index in [1.54, 1.807) is 0 Å². The molecule has 1 aromatic heterocycles. The van der Waals surface area contributed by atoms with Crippen LogP contribution in [0.5, 0.6) is 5.75 Å². The van der Waals surface area contributed by atoms with Crippen LogP contribution in [0, 0.1) is 0 Å². The van der Waals surface area contributed by atoms with Crippen molar-refractivity contribution in [2.75, 3.05) is 14.1 Å². The van der Waals surface area contributed by atoms with E-state index < -0.39 is 17.4 Å². The van der Waals surface area contributed by atoms with Gasteiger partial charge in [-0.2, -0.15) is 13.2 Å². The molecule has 27 heavy (non-hydrogen) atoms. The highest BCUT2D eigenvalue weighted by atomic mass is 19.4. The Labute approximate surface area is 153 Å². The van der Waals surface area contributed by atoms with E-state index in [0.717, 1.165) is 17.7 Å². The predicted octanol–water partition coefficient (Wildman–Crippen LogP) is 4.45. The van der Waals surface area contributed by atoms with E-state index in [9.17, 15) is 18.0 Å². The fraction of sp³-hybridized carbons (Fsp3) is 0.250. The average Bonchev–Trinajstić information content (AvgIpc) is 2.59. The minimum absolute atomic E-state index is 0.159. The van der Waals surface area contributed by atoms with Gasteiger partial charge in [0.2, 0.25) is 0 Å². The van der Waals surface area contributed by atoms with Gasteiger partial charge in [-0.3, -0.25) is 0 Å². The zero-order chi connectivity index (χ0) is 19.6. The summed E-state index contributed by atoms with van der Waals surface area (Å²) in [6.45, 7) is 1.07. The van der Waals surface area contributed by atoms with Crippen LogP contribution in [0.25, 0.3) is 11.0 Å². The van der Waals surface area contributed by atoms with Crippen molar-refractivity contribution in [3.05, 3.63) is 75.6 Å². The molecule has 0 amide bonds.